The van der Waals surface area contributed by atoms with Crippen molar-refractivity contribution >= 4 is 72.9 Å². The Morgan fingerprint density at radius 2 is 1.74 bits per heavy atom. The summed E-state index contributed by atoms with van der Waals surface area (Å²) in [6.07, 6.45) is 1.78. The predicted octanol–water partition coefficient (Wildman–Crippen LogP) is 7.17. The third-order valence-electron chi connectivity index (χ3n) is 6.26. The van der Waals surface area contributed by atoms with E-state index in [1.807, 2.05) is 53.2 Å². The van der Waals surface area contributed by atoms with Crippen LogP contribution in [0, 0.1) is 0 Å². The first-order valence-corrected chi connectivity index (χ1v) is 16.1. The van der Waals surface area contributed by atoms with Crippen LogP contribution in [0.5, 0.6) is 5.75 Å². The van der Waals surface area contributed by atoms with Crippen LogP contribution in [0.1, 0.15) is 10.4 Å². The number of nitrogens with zero attached hydrogens (tertiary/aromatic N) is 3. The van der Waals surface area contributed by atoms with E-state index in [-0.39, 0.29) is 15.8 Å². The Hall–Kier alpha value is -4.29. The second-order valence-corrected chi connectivity index (χ2v) is 12.9. The zero-order valence-corrected chi connectivity index (χ0v) is 25.1. The summed E-state index contributed by atoms with van der Waals surface area (Å²) in [6, 6.07) is 24.4. The lowest BCUT2D eigenvalue weighted by atomic mass is 10.1. The minimum Gasteiger partial charge on any atom is -0.495 e. The minimum absolute atomic E-state index is 0.0141. The summed E-state index contributed by atoms with van der Waals surface area (Å²) in [5.41, 5.74) is 2.90. The molecular formula is C30H21ClN4O4S3. The number of methoxy groups -OCH3 is 1. The fraction of sp³-hybridized carbons (Fsp3) is 0.0333. The number of hydrogen-bond donors (Lipinski definition) is 1. The number of aliphatic imine (C=N–C) groups is 1. The topological polar surface area (TPSA) is 101 Å². The predicted molar refractivity (Wildman–Crippen MR) is 169 cm³/mol. The monoisotopic (exact) mass is 632 g/mol. The normalized spacial score (nSPS) is 14.3. The molecule has 3 heterocycles. The highest BCUT2D eigenvalue weighted by atomic mass is 35.5. The van der Waals surface area contributed by atoms with Gasteiger partial charge in [-0.05, 0) is 47.9 Å². The number of amides is 1. The number of anilines is 2. The first kappa shape index (κ1) is 27.9. The van der Waals surface area contributed by atoms with Gasteiger partial charge in [-0.2, -0.15) is 0 Å². The average molecular weight is 633 g/mol. The number of hydrogen-bond acceptors (Lipinski definition) is 8. The molecule has 8 nitrogen and oxygen atoms in total. The second kappa shape index (κ2) is 11.5. The van der Waals surface area contributed by atoms with Crippen molar-refractivity contribution in [1.82, 2.24) is 4.98 Å². The third-order valence-corrected chi connectivity index (χ3v) is 9.58. The van der Waals surface area contributed by atoms with Crippen molar-refractivity contribution < 1.29 is 17.9 Å². The number of sulfonamides is 1. The fourth-order valence-electron chi connectivity index (χ4n) is 4.22. The molecule has 0 bridgehead atoms. The number of amidine groups is 1. The average Bonchev–Trinajstić information content (AvgIpc) is 3.75. The number of nitrogens with one attached hydrogen (secondary N) is 1. The Labute approximate surface area is 255 Å². The summed E-state index contributed by atoms with van der Waals surface area (Å²) < 4.78 is 33.4. The van der Waals surface area contributed by atoms with E-state index in [1.165, 1.54) is 52.9 Å². The molecule has 0 spiro atoms. The van der Waals surface area contributed by atoms with Gasteiger partial charge in [-0.1, -0.05) is 60.1 Å². The Balaban J connectivity index is 1.25. The van der Waals surface area contributed by atoms with Gasteiger partial charge in [-0.3, -0.25) is 9.52 Å². The van der Waals surface area contributed by atoms with Crippen molar-refractivity contribution in [1.29, 1.82) is 0 Å². The molecule has 42 heavy (non-hydrogen) atoms. The number of ether oxygens (including phenoxy) is 1. The van der Waals surface area contributed by atoms with E-state index in [0.29, 0.717) is 33.8 Å². The van der Waals surface area contributed by atoms with E-state index in [9.17, 15) is 13.2 Å². The summed E-state index contributed by atoms with van der Waals surface area (Å²) >= 11 is 8.96. The van der Waals surface area contributed by atoms with Crippen LogP contribution in [0.25, 0.3) is 17.3 Å². The molecule has 0 radical (unpaired) electrons. The summed E-state index contributed by atoms with van der Waals surface area (Å²) in [5, 5.41) is 4.48. The Bertz CT molecular complexity index is 1940. The van der Waals surface area contributed by atoms with Crippen LogP contribution in [0.4, 0.5) is 10.8 Å². The van der Waals surface area contributed by atoms with Crippen LogP contribution < -0.4 is 14.4 Å². The number of carbonyl (C=O) groups is 1. The zero-order valence-electron chi connectivity index (χ0n) is 21.9. The van der Waals surface area contributed by atoms with E-state index < -0.39 is 10.0 Å². The van der Waals surface area contributed by atoms with Crippen molar-refractivity contribution in [2.24, 2.45) is 4.99 Å². The van der Waals surface area contributed by atoms with E-state index in [2.05, 4.69) is 9.71 Å². The van der Waals surface area contributed by atoms with Crippen molar-refractivity contribution in [2.45, 2.75) is 4.90 Å². The lowest BCUT2D eigenvalue weighted by molar-refractivity contribution is -0.113. The summed E-state index contributed by atoms with van der Waals surface area (Å²) in [6.45, 7) is 0. The lowest BCUT2D eigenvalue weighted by Gasteiger charge is -2.15. The van der Waals surface area contributed by atoms with Gasteiger partial charge < -0.3 is 4.74 Å². The maximum atomic E-state index is 13.5. The van der Waals surface area contributed by atoms with Crippen LogP contribution in [-0.2, 0) is 14.8 Å². The van der Waals surface area contributed by atoms with Gasteiger partial charge in [0.2, 0.25) is 0 Å². The molecule has 12 heteroatoms. The van der Waals surface area contributed by atoms with E-state index in [0.717, 1.165) is 16.0 Å². The Kier molecular flexibility index (Phi) is 7.65. The molecular weight excluding hydrogens is 612 g/mol. The summed E-state index contributed by atoms with van der Waals surface area (Å²) in [5.74, 6) is 0.634. The van der Waals surface area contributed by atoms with Gasteiger partial charge in [0.15, 0.2) is 5.13 Å². The van der Waals surface area contributed by atoms with Gasteiger partial charge in [0.05, 0.1) is 22.7 Å². The Morgan fingerprint density at radius 3 is 2.43 bits per heavy atom. The molecule has 5 aromatic rings. The molecule has 0 unspecified atom stereocenters. The highest BCUT2D eigenvalue weighted by Crippen LogP contribution is 2.34. The van der Waals surface area contributed by atoms with E-state index in [4.69, 9.17) is 21.3 Å². The molecule has 6 rings (SSSR count). The van der Waals surface area contributed by atoms with Crippen LogP contribution in [0.2, 0.25) is 5.02 Å². The van der Waals surface area contributed by atoms with E-state index in [1.54, 1.807) is 30.3 Å². The molecule has 210 valence electrons. The molecule has 0 aliphatic carbocycles. The van der Waals surface area contributed by atoms with Gasteiger partial charge in [-0.25, -0.2) is 23.3 Å². The number of halogens is 1. The fourth-order valence-corrected chi connectivity index (χ4v) is 7.11. The maximum absolute atomic E-state index is 13.5. The van der Waals surface area contributed by atoms with Crippen molar-refractivity contribution in [2.75, 3.05) is 16.7 Å². The molecule has 3 aromatic carbocycles. The van der Waals surface area contributed by atoms with Crippen molar-refractivity contribution in [3.63, 3.8) is 0 Å². The van der Waals surface area contributed by atoms with Crippen LogP contribution in [-0.4, -0.2) is 32.3 Å². The number of aromatic nitrogens is 1. The zero-order chi connectivity index (χ0) is 29.3. The summed E-state index contributed by atoms with van der Waals surface area (Å²) in [4.78, 5) is 25.5. The molecule has 1 aliphatic heterocycles. The van der Waals surface area contributed by atoms with E-state index >= 15 is 0 Å². The highest BCUT2D eigenvalue weighted by Gasteiger charge is 2.34. The minimum atomic E-state index is -3.87. The lowest BCUT2D eigenvalue weighted by Crippen LogP contribution is -2.32. The molecule has 0 saturated carbocycles. The largest absolute Gasteiger partial charge is 0.495 e. The molecule has 0 fully saturated rings. The SMILES string of the molecule is COc1ccc(S(=O)(=O)Nc2ccc(-c3csc(N4C(=O)/C(=C/c5cccs5)N=C4c4ccccc4)n3)cc2)cc1Cl. The van der Waals surface area contributed by atoms with Crippen molar-refractivity contribution in [3.8, 4) is 17.0 Å². The van der Waals surface area contributed by atoms with Gasteiger partial charge in [-0.15, -0.1) is 22.7 Å². The molecule has 0 atom stereocenters. The third kappa shape index (κ3) is 5.59. The molecule has 1 N–H and O–H groups in total. The molecule has 1 aliphatic rings. The van der Waals surface area contributed by atoms with Gasteiger partial charge in [0.1, 0.15) is 17.3 Å². The number of benzene rings is 3. The first-order valence-electron chi connectivity index (χ1n) is 12.5. The number of thiophene rings is 1. The van der Waals surface area contributed by atoms with Gasteiger partial charge in [0.25, 0.3) is 15.9 Å². The van der Waals surface area contributed by atoms with Gasteiger partial charge in [0, 0.05) is 27.1 Å². The van der Waals surface area contributed by atoms with Gasteiger partial charge >= 0.3 is 0 Å². The molecule has 2 aromatic heterocycles. The van der Waals surface area contributed by atoms with Crippen LogP contribution in [0.3, 0.4) is 0 Å². The smallest absolute Gasteiger partial charge is 0.284 e. The molecule has 1 amide bonds. The van der Waals surface area contributed by atoms with Crippen LogP contribution >= 0.6 is 34.3 Å². The standard InChI is InChI=1S/C30H21ClN4O4S3/c1-39-27-14-13-23(17-24(27)31)42(37,38)34-21-11-9-19(10-12-21)26-18-41-30(33-26)35-28(20-6-3-2-4-7-20)32-25(29(35)36)16-22-8-5-15-40-22/h2-18,34H,1H3/b25-16-. The summed E-state index contributed by atoms with van der Waals surface area (Å²) in [7, 11) is -2.42. The van der Waals surface area contributed by atoms with Crippen molar-refractivity contribution in [3.05, 3.63) is 117 Å². The highest BCUT2D eigenvalue weighted by molar-refractivity contribution is 7.92. The number of thiazole rings is 1. The second-order valence-electron chi connectivity index (χ2n) is 8.98. The number of rotatable bonds is 8. The first-order chi connectivity index (χ1) is 20.3. The maximum Gasteiger partial charge on any atom is 0.284 e. The Morgan fingerprint density at radius 1 is 0.952 bits per heavy atom. The quantitative estimate of drug-likeness (QED) is 0.183. The molecule has 0 saturated heterocycles. The number of carbonyl (C=O) groups excluding carboxylic acids is 1. The van der Waals surface area contributed by atoms with Crippen LogP contribution in [0.15, 0.2) is 111 Å².